The normalized spacial score (nSPS) is 15.0. The maximum atomic E-state index is 13.4. The van der Waals surface area contributed by atoms with Crippen LogP contribution in [0.5, 0.6) is 17.2 Å². The Morgan fingerprint density at radius 3 is 2.67 bits per heavy atom. The molecule has 0 bridgehead atoms. The summed E-state index contributed by atoms with van der Waals surface area (Å²) >= 11 is 0. The number of rotatable bonds is 9. The second-order valence-corrected chi connectivity index (χ2v) is 8.29. The molecular weight excluding hydrogens is 427 g/mol. The van der Waals surface area contributed by atoms with Crippen molar-refractivity contribution in [2.75, 3.05) is 40.5 Å². The number of aromatic nitrogens is 1. The molecule has 0 saturated carbocycles. The van der Waals surface area contributed by atoms with Crippen molar-refractivity contribution in [2.45, 2.75) is 32.1 Å². The fraction of sp³-hybridized carbons (Fsp3) is 0.440. The van der Waals surface area contributed by atoms with Crippen molar-refractivity contribution in [1.29, 1.82) is 0 Å². The van der Waals surface area contributed by atoms with Gasteiger partial charge in [0.25, 0.3) is 0 Å². The number of carbonyl (C=O) groups is 1. The van der Waals surface area contributed by atoms with Crippen LogP contribution in [0.3, 0.4) is 0 Å². The Hall–Kier alpha value is -3.13. The first-order valence-corrected chi connectivity index (χ1v) is 11.2. The molecule has 4 rings (SSSR count). The first kappa shape index (κ1) is 23.0. The predicted octanol–water partition coefficient (Wildman–Crippen LogP) is 4.84. The zero-order valence-electron chi connectivity index (χ0n) is 19.2. The number of fused-ring (bicyclic) bond motifs is 1. The lowest BCUT2D eigenvalue weighted by Crippen LogP contribution is -2.34. The number of hydrogen-bond donors (Lipinski definition) is 0. The fourth-order valence-electron chi connectivity index (χ4n) is 4.37. The van der Waals surface area contributed by atoms with E-state index in [0.29, 0.717) is 40.9 Å². The van der Waals surface area contributed by atoms with Crippen LogP contribution in [0, 0.1) is 5.82 Å². The topological polar surface area (TPSA) is 74.0 Å². The summed E-state index contributed by atoms with van der Waals surface area (Å²) < 4.78 is 35.4. The van der Waals surface area contributed by atoms with Gasteiger partial charge in [-0.25, -0.2) is 4.39 Å². The third kappa shape index (κ3) is 5.11. The number of likely N-dealkylation sites (tertiary alicyclic amines) is 1. The molecule has 8 heteroatoms. The van der Waals surface area contributed by atoms with Crippen molar-refractivity contribution in [1.82, 2.24) is 10.1 Å². The van der Waals surface area contributed by atoms with E-state index in [9.17, 15) is 9.18 Å². The van der Waals surface area contributed by atoms with Gasteiger partial charge in [-0.1, -0.05) is 5.16 Å². The van der Waals surface area contributed by atoms with Crippen LogP contribution in [0.1, 0.15) is 48.2 Å². The van der Waals surface area contributed by atoms with Gasteiger partial charge in [-0.15, -0.1) is 0 Å². The Kier molecular flexibility index (Phi) is 7.13. The minimum atomic E-state index is -0.315. The highest BCUT2D eigenvalue weighted by Gasteiger charge is 2.25. The van der Waals surface area contributed by atoms with E-state index in [-0.39, 0.29) is 11.6 Å². The monoisotopic (exact) mass is 456 g/mol. The van der Waals surface area contributed by atoms with Crippen molar-refractivity contribution < 1.29 is 27.9 Å². The molecule has 0 aliphatic carbocycles. The molecule has 0 N–H and O–H groups in total. The Bertz CT molecular complexity index is 1120. The van der Waals surface area contributed by atoms with Crippen molar-refractivity contribution in [3.8, 4) is 17.2 Å². The maximum Gasteiger partial charge on any atom is 0.172 e. The smallest absolute Gasteiger partial charge is 0.172 e. The molecule has 7 nitrogen and oxygen atoms in total. The van der Waals surface area contributed by atoms with Gasteiger partial charge in [0.05, 0.1) is 32.1 Å². The molecule has 0 amide bonds. The van der Waals surface area contributed by atoms with E-state index in [1.807, 2.05) is 0 Å². The molecule has 0 radical (unpaired) electrons. The molecule has 0 unspecified atom stereocenters. The summed E-state index contributed by atoms with van der Waals surface area (Å²) in [5.74, 6) is 1.39. The van der Waals surface area contributed by atoms with E-state index in [4.69, 9.17) is 18.7 Å². The Morgan fingerprint density at radius 1 is 1.18 bits per heavy atom. The Labute approximate surface area is 192 Å². The molecule has 1 aliphatic rings. The number of piperidine rings is 1. The lowest BCUT2D eigenvalue weighted by atomic mass is 9.91. The zero-order valence-corrected chi connectivity index (χ0v) is 19.2. The van der Waals surface area contributed by atoms with Crippen molar-refractivity contribution in [3.05, 3.63) is 47.4 Å². The summed E-state index contributed by atoms with van der Waals surface area (Å²) in [6, 6.07) is 7.98. The number of carbonyl (C=O) groups excluding carboxylic acids is 1. The third-order valence-electron chi connectivity index (χ3n) is 6.16. The number of benzene rings is 2. The molecule has 1 aliphatic heterocycles. The van der Waals surface area contributed by atoms with E-state index in [1.165, 1.54) is 19.1 Å². The number of halogens is 1. The molecule has 2 aromatic carbocycles. The summed E-state index contributed by atoms with van der Waals surface area (Å²) in [6.45, 7) is 4.77. The van der Waals surface area contributed by atoms with Gasteiger partial charge >= 0.3 is 0 Å². The minimum absolute atomic E-state index is 0.104. The summed E-state index contributed by atoms with van der Waals surface area (Å²) in [7, 11) is 3.09. The molecule has 3 aromatic rings. The molecule has 0 atom stereocenters. The van der Waals surface area contributed by atoms with Gasteiger partial charge in [-0.05, 0) is 57.5 Å². The molecule has 1 aromatic heterocycles. The van der Waals surface area contributed by atoms with E-state index in [0.717, 1.165) is 50.0 Å². The van der Waals surface area contributed by atoms with Crippen LogP contribution >= 0.6 is 0 Å². The van der Waals surface area contributed by atoms with E-state index < -0.39 is 0 Å². The van der Waals surface area contributed by atoms with Gasteiger partial charge in [0.1, 0.15) is 11.6 Å². The highest BCUT2D eigenvalue weighted by atomic mass is 19.1. The van der Waals surface area contributed by atoms with Crippen LogP contribution in [0.25, 0.3) is 11.0 Å². The molecule has 1 saturated heterocycles. The summed E-state index contributed by atoms with van der Waals surface area (Å²) in [5.41, 5.74) is 1.88. The summed E-state index contributed by atoms with van der Waals surface area (Å²) in [4.78, 5) is 14.5. The second kappa shape index (κ2) is 10.2. The van der Waals surface area contributed by atoms with Crippen LogP contribution in [-0.4, -0.2) is 56.3 Å². The molecule has 2 heterocycles. The molecule has 0 spiro atoms. The first-order valence-electron chi connectivity index (χ1n) is 11.2. The predicted molar refractivity (Wildman–Crippen MR) is 122 cm³/mol. The average molecular weight is 457 g/mol. The van der Waals surface area contributed by atoms with Gasteiger partial charge < -0.3 is 23.6 Å². The molecular formula is C25H29FN2O5. The standard InChI is InChI=1S/C25H29FN2O5/c1-16(29)21-14-19(30-2)15-23(31-3)25(21)32-12-4-9-28-10-7-17(8-11-28)24-20-6-5-18(26)13-22(20)33-27-24/h5-6,13-15,17H,4,7-12H2,1-3H3. The number of ether oxygens (including phenoxy) is 3. The average Bonchev–Trinajstić information content (AvgIpc) is 3.24. The summed E-state index contributed by atoms with van der Waals surface area (Å²) in [5, 5.41) is 5.12. The minimum Gasteiger partial charge on any atom is -0.497 e. The van der Waals surface area contributed by atoms with Crippen LogP contribution < -0.4 is 14.2 Å². The van der Waals surface area contributed by atoms with E-state index in [2.05, 4.69) is 10.1 Å². The highest BCUT2D eigenvalue weighted by molar-refractivity contribution is 5.98. The van der Waals surface area contributed by atoms with E-state index >= 15 is 0 Å². The summed E-state index contributed by atoms with van der Waals surface area (Å²) in [6.07, 6.45) is 2.77. The third-order valence-corrected chi connectivity index (χ3v) is 6.16. The molecule has 176 valence electrons. The van der Waals surface area contributed by atoms with Crippen LogP contribution in [0.2, 0.25) is 0 Å². The number of nitrogens with zero attached hydrogens (tertiary/aromatic N) is 2. The lowest BCUT2D eigenvalue weighted by Gasteiger charge is -2.31. The molecule has 1 fully saturated rings. The largest absolute Gasteiger partial charge is 0.497 e. The number of ketones is 1. The van der Waals surface area contributed by atoms with Crippen LogP contribution in [0.4, 0.5) is 4.39 Å². The van der Waals surface area contributed by atoms with Gasteiger partial charge in [-0.3, -0.25) is 4.79 Å². The van der Waals surface area contributed by atoms with Gasteiger partial charge in [-0.2, -0.15) is 0 Å². The lowest BCUT2D eigenvalue weighted by molar-refractivity contribution is 0.101. The quantitative estimate of drug-likeness (QED) is 0.337. The zero-order chi connectivity index (χ0) is 23.4. The first-order chi connectivity index (χ1) is 16.0. The highest BCUT2D eigenvalue weighted by Crippen LogP contribution is 2.36. The van der Waals surface area contributed by atoms with Crippen molar-refractivity contribution >= 4 is 16.8 Å². The Balaban J connectivity index is 1.29. The van der Waals surface area contributed by atoms with Gasteiger partial charge in [0.2, 0.25) is 0 Å². The number of methoxy groups -OCH3 is 2. The fourth-order valence-corrected chi connectivity index (χ4v) is 4.37. The Morgan fingerprint density at radius 2 is 1.97 bits per heavy atom. The van der Waals surface area contributed by atoms with Gasteiger partial charge in [0, 0.05) is 30.0 Å². The van der Waals surface area contributed by atoms with Crippen molar-refractivity contribution in [2.24, 2.45) is 0 Å². The number of Topliss-reactive ketones (excluding diaryl/α,β-unsaturated/α-hetero) is 1. The van der Waals surface area contributed by atoms with E-state index in [1.54, 1.807) is 32.4 Å². The second-order valence-electron chi connectivity index (χ2n) is 8.29. The van der Waals surface area contributed by atoms with Crippen molar-refractivity contribution in [3.63, 3.8) is 0 Å². The SMILES string of the molecule is COc1cc(OC)c(OCCCN2CCC(c3noc4cc(F)ccc34)CC2)c(C(C)=O)c1. The van der Waals surface area contributed by atoms with Crippen LogP contribution in [-0.2, 0) is 0 Å². The molecule has 33 heavy (non-hydrogen) atoms. The number of hydrogen-bond acceptors (Lipinski definition) is 7. The maximum absolute atomic E-state index is 13.4. The van der Waals surface area contributed by atoms with Gasteiger partial charge in [0.15, 0.2) is 22.9 Å². The van der Waals surface area contributed by atoms with Crippen LogP contribution in [0.15, 0.2) is 34.9 Å².